The van der Waals surface area contributed by atoms with Crippen molar-refractivity contribution in [1.82, 2.24) is 4.98 Å². The van der Waals surface area contributed by atoms with Gasteiger partial charge in [0.1, 0.15) is 5.82 Å². The van der Waals surface area contributed by atoms with Crippen LogP contribution in [0.25, 0.3) is 0 Å². The Balaban J connectivity index is 1.64. The first-order valence-corrected chi connectivity index (χ1v) is 8.77. The summed E-state index contributed by atoms with van der Waals surface area (Å²) in [6.07, 6.45) is 6.57. The largest absolute Gasteiger partial charge is 0.357 e. The molecule has 0 saturated carbocycles. The van der Waals surface area contributed by atoms with Crippen molar-refractivity contribution in [3.05, 3.63) is 53.7 Å². The number of anilines is 2. The highest BCUT2D eigenvalue weighted by Crippen LogP contribution is 2.18. The Morgan fingerprint density at radius 2 is 1.56 bits per heavy atom. The lowest BCUT2D eigenvalue weighted by atomic mass is 10.1. The normalized spacial score (nSPS) is 14.7. The molecule has 25 heavy (non-hydrogen) atoms. The van der Waals surface area contributed by atoms with Crippen molar-refractivity contribution in [1.29, 1.82) is 0 Å². The molecule has 1 aliphatic rings. The average molecular weight is 337 g/mol. The van der Waals surface area contributed by atoms with Crippen LogP contribution < -0.4 is 10.2 Å². The molecular formula is C20H23N3O2. The summed E-state index contributed by atoms with van der Waals surface area (Å²) in [5.74, 6) is 0.737. The van der Waals surface area contributed by atoms with Gasteiger partial charge in [-0.3, -0.25) is 9.59 Å². The maximum Gasteiger partial charge on any atom is 0.257 e. The fourth-order valence-corrected chi connectivity index (χ4v) is 3.00. The number of carbonyl (C=O) groups excluding carboxylic acids is 2. The Labute approximate surface area is 148 Å². The van der Waals surface area contributed by atoms with Gasteiger partial charge in [-0.15, -0.1) is 0 Å². The number of nitrogens with one attached hydrogen (secondary N) is 1. The van der Waals surface area contributed by atoms with Crippen LogP contribution in [0.1, 0.15) is 53.3 Å². The maximum absolute atomic E-state index is 12.3. The summed E-state index contributed by atoms with van der Waals surface area (Å²) < 4.78 is 0. The number of carbonyl (C=O) groups is 2. The zero-order valence-corrected chi connectivity index (χ0v) is 14.5. The summed E-state index contributed by atoms with van der Waals surface area (Å²) in [5, 5.41) is 2.83. The molecule has 0 radical (unpaired) electrons. The second-order valence-electron chi connectivity index (χ2n) is 6.39. The van der Waals surface area contributed by atoms with Gasteiger partial charge >= 0.3 is 0 Å². The van der Waals surface area contributed by atoms with Crippen LogP contribution in [0.15, 0.2) is 42.6 Å². The van der Waals surface area contributed by atoms with E-state index in [1.165, 1.54) is 32.6 Å². The van der Waals surface area contributed by atoms with E-state index in [0.29, 0.717) is 16.8 Å². The highest BCUT2D eigenvalue weighted by Gasteiger charge is 2.12. The van der Waals surface area contributed by atoms with E-state index in [0.717, 1.165) is 18.9 Å². The van der Waals surface area contributed by atoms with E-state index in [9.17, 15) is 9.59 Å². The molecule has 1 fully saturated rings. The SMILES string of the molecule is CC(=O)c1ccc(NC(=O)c2ccc(N3CCCCCC3)nc2)cc1. The zero-order valence-electron chi connectivity index (χ0n) is 14.5. The van der Waals surface area contributed by atoms with Gasteiger partial charge < -0.3 is 10.2 Å². The van der Waals surface area contributed by atoms with E-state index in [-0.39, 0.29) is 11.7 Å². The van der Waals surface area contributed by atoms with Gasteiger partial charge in [-0.05, 0) is 56.2 Å². The van der Waals surface area contributed by atoms with Crippen LogP contribution in [0.5, 0.6) is 0 Å². The highest BCUT2D eigenvalue weighted by molar-refractivity contribution is 6.04. The molecule has 1 N–H and O–H groups in total. The third kappa shape index (κ3) is 4.44. The molecule has 1 aromatic carbocycles. The molecule has 1 aliphatic heterocycles. The molecule has 0 bridgehead atoms. The molecule has 5 heteroatoms. The second kappa shape index (κ2) is 7.92. The van der Waals surface area contributed by atoms with Gasteiger partial charge in [-0.1, -0.05) is 12.8 Å². The summed E-state index contributed by atoms with van der Waals surface area (Å²) in [4.78, 5) is 30.4. The zero-order chi connectivity index (χ0) is 17.6. The van der Waals surface area contributed by atoms with Crippen LogP contribution >= 0.6 is 0 Å². The van der Waals surface area contributed by atoms with E-state index in [4.69, 9.17) is 0 Å². The lowest BCUT2D eigenvalue weighted by Crippen LogP contribution is -2.25. The number of amides is 1. The topological polar surface area (TPSA) is 62.3 Å². The van der Waals surface area contributed by atoms with Crippen LogP contribution in [-0.2, 0) is 0 Å². The molecule has 1 amide bonds. The first-order chi connectivity index (χ1) is 12.1. The molecule has 1 aromatic heterocycles. The molecule has 1 saturated heterocycles. The van der Waals surface area contributed by atoms with Crippen LogP contribution in [0, 0.1) is 0 Å². The summed E-state index contributed by atoms with van der Waals surface area (Å²) in [7, 11) is 0. The van der Waals surface area contributed by atoms with Crippen molar-refractivity contribution < 1.29 is 9.59 Å². The van der Waals surface area contributed by atoms with Crippen LogP contribution in [0.3, 0.4) is 0 Å². The number of benzene rings is 1. The first-order valence-electron chi connectivity index (χ1n) is 8.77. The number of Topliss-reactive ketones (excluding diaryl/α,β-unsaturated/α-hetero) is 1. The number of pyridine rings is 1. The number of hydrogen-bond acceptors (Lipinski definition) is 4. The predicted octanol–water partition coefficient (Wildman–Crippen LogP) is 3.92. The molecule has 5 nitrogen and oxygen atoms in total. The third-order valence-corrected chi connectivity index (χ3v) is 4.49. The standard InChI is InChI=1S/C20H23N3O2/c1-15(24)16-6-9-18(10-7-16)22-20(25)17-8-11-19(21-14-17)23-12-4-2-3-5-13-23/h6-11,14H,2-5,12-13H2,1H3,(H,22,25). The van der Waals surface area contributed by atoms with Gasteiger partial charge in [0.2, 0.25) is 0 Å². The Morgan fingerprint density at radius 1 is 0.920 bits per heavy atom. The van der Waals surface area contributed by atoms with Gasteiger partial charge in [-0.2, -0.15) is 0 Å². The third-order valence-electron chi connectivity index (χ3n) is 4.49. The summed E-state index contributed by atoms with van der Waals surface area (Å²) in [6, 6.07) is 10.6. The van der Waals surface area contributed by atoms with Crippen molar-refractivity contribution >= 4 is 23.2 Å². The minimum absolute atomic E-state index is 0.00572. The number of rotatable bonds is 4. The summed E-state index contributed by atoms with van der Waals surface area (Å²) >= 11 is 0. The summed E-state index contributed by atoms with van der Waals surface area (Å²) in [5.41, 5.74) is 1.81. The molecule has 0 spiro atoms. The first kappa shape index (κ1) is 17.1. The Bertz CT molecular complexity index is 731. The van der Waals surface area contributed by atoms with Gasteiger partial charge in [-0.25, -0.2) is 4.98 Å². The van der Waals surface area contributed by atoms with Gasteiger partial charge in [0, 0.05) is 30.5 Å². The molecule has 3 rings (SSSR count). The summed E-state index contributed by atoms with van der Waals surface area (Å²) in [6.45, 7) is 3.58. The number of hydrogen-bond donors (Lipinski definition) is 1. The molecule has 0 atom stereocenters. The predicted molar refractivity (Wildman–Crippen MR) is 99.3 cm³/mol. The Kier molecular flexibility index (Phi) is 5.43. The lowest BCUT2D eigenvalue weighted by Gasteiger charge is -2.21. The monoisotopic (exact) mass is 337 g/mol. The average Bonchev–Trinajstić information content (AvgIpc) is 2.92. The van der Waals surface area contributed by atoms with Gasteiger partial charge in [0.15, 0.2) is 5.78 Å². The minimum Gasteiger partial charge on any atom is -0.357 e. The molecule has 0 unspecified atom stereocenters. The van der Waals surface area contributed by atoms with E-state index in [1.807, 2.05) is 12.1 Å². The molecule has 130 valence electrons. The highest BCUT2D eigenvalue weighted by atomic mass is 16.1. The smallest absolute Gasteiger partial charge is 0.257 e. The van der Waals surface area contributed by atoms with Gasteiger partial charge in [0.05, 0.1) is 5.56 Å². The molecule has 2 aromatic rings. The fourth-order valence-electron chi connectivity index (χ4n) is 3.00. The van der Waals surface area contributed by atoms with E-state index in [2.05, 4.69) is 15.2 Å². The number of aromatic nitrogens is 1. The Hall–Kier alpha value is -2.69. The second-order valence-corrected chi connectivity index (χ2v) is 6.39. The van der Waals surface area contributed by atoms with Crippen LogP contribution in [-0.4, -0.2) is 29.8 Å². The van der Waals surface area contributed by atoms with Gasteiger partial charge in [0.25, 0.3) is 5.91 Å². The molecular weight excluding hydrogens is 314 g/mol. The van der Waals surface area contributed by atoms with Crippen molar-refractivity contribution in [3.8, 4) is 0 Å². The Morgan fingerprint density at radius 3 is 2.12 bits per heavy atom. The quantitative estimate of drug-likeness (QED) is 0.859. The minimum atomic E-state index is -0.203. The number of nitrogens with zero attached hydrogens (tertiary/aromatic N) is 2. The van der Waals surface area contributed by atoms with Crippen LogP contribution in [0.4, 0.5) is 11.5 Å². The van der Waals surface area contributed by atoms with E-state index < -0.39 is 0 Å². The van der Waals surface area contributed by atoms with Crippen LogP contribution in [0.2, 0.25) is 0 Å². The van der Waals surface area contributed by atoms with E-state index in [1.54, 1.807) is 30.5 Å². The molecule has 0 aliphatic carbocycles. The van der Waals surface area contributed by atoms with Crippen molar-refractivity contribution in [2.75, 3.05) is 23.3 Å². The van der Waals surface area contributed by atoms with Crippen molar-refractivity contribution in [2.45, 2.75) is 32.6 Å². The fraction of sp³-hybridized carbons (Fsp3) is 0.350. The lowest BCUT2D eigenvalue weighted by molar-refractivity contribution is 0.101. The van der Waals surface area contributed by atoms with E-state index >= 15 is 0 Å². The van der Waals surface area contributed by atoms with Crippen molar-refractivity contribution in [3.63, 3.8) is 0 Å². The number of ketones is 1. The molecule has 2 heterocycles. The van der Waals surface area contributed by atoms with Crippen molar-refractivity contribution in [2.24, 2.45) is 0 Å². The maximum atomic E-state index is 12.3.